The van der Waals surface area contributed by atoms with Crippen molar-refractivity contribution in [3.05, 3.63) is 57.5 Å². The molecule has 0 saturated carbocycles. The second-order valence-electron chi connectivity index (χ2n) is 4.44. The first kappa shape index (κ1) is 11.6. The SMILES string of the molecule is Cn1c2c(ccc1=O)-c1cc(C#N)ccc1C2(F)F. The number of nitriles is 1. The van der Waals surface area contributed by atoms with E-state index < -0.39 is 11.5 Å². The number of alkyl halides is 2. The molecule has 2 aromatic rings. The highest BCUT2D eigenvalue weighted by Crippen LogP contribution is 2.50. The van der Waals surface area contributed by atoms with Gasteiger partial charge in [-0.2, -0.15) is 14.0 Å². The predicted octanol–water partition coefficient (Wildman–Crippen LogP) is 2.38. The molecule has 0 N–H and O–H groups in total. The minimum Gasteiger partial charge on any atom is -0.309 e. The molecule has 1 aliphatic carbocycles. The molecule has 0 saturated heterocycles. The van der Waals surface area contributed by atoms with Gasteiger partial charge in [-0.05, 0) is 23.8 Å². The lowest BCUT2D eigenvalue weighted by atomic mass is 10.0. The van der Waals surface area contributed by atoms with Crippen molar-refractivity contribution < 1.29 is 8.78 Å². The normalized spacial score (nSPS) is 14.6. The lowest BCUT2D eigenvalue weighted by Gasteiger charge is -2.14. The van der Waals surface area contributed by atoms with Gasteiger partial charge in [-0.1, -0.05) is 6.07 Å². The quantitative estimate of drug-likeness (QED) is 0.728. The summed E-state index contributed by atoms with van der Waals surface area (Å²) in [6.45, 7) is 0. The summed E-state index contributed by atoms with van der Waals surface area (Å²) in [5.74, 6) is -3.21. The number of nitrogens with zero attached hydrogens (tertiary/aromatic N) is 2. The van der Waals surface area contributed by atoms with Crippen LogP contribution in [0.2, 0.25) is 0 Å². The number of rotatable bonds is 0. The van der Waals surface area contributed by atoms with E-state index in [2.05, 4.69) is 0 Å². The smallest absolute Gasteiger partial charge is 0.309 e. The summed E-state index contributed by atoms with van der Waals surface area (Å²) in [4.78, 5) is 11.5. The minimum atomic E-state index is -3.21. The van der Waals surface area contributed by atoms with E-state index in [0.29, 0.717) is 16.7 Å². The maximum absolute atomic E-state index is 14.4. The summed E-state index contributed by atoms with van der Waals surface area (Å²) in [5, 5.41) is 8.85. The summed E-state index contributed by atoms with van der Waals surface area (Å²) in [7, 11) is 1.33. The summed E-state index contributed by atoms with van der Waals surface area (Å²) in [5.41, 5.74) is -0.0235. The Labute approximate surface area is 107 Å². The highest BCUT2D eigenvalue weighted by atomic mass is 19.3. The minimum absolute atomic E-state index is 0.164. The Bertz CT molecular complexity index is 800. The first-order valence-electron chi connectivity index (χ1n) is 5.60. The Balaban J connectivity index is 2.44. The molecular weight excluding hydrogens is 250 g/mol. The number of pyridine rings is 1. The first-order valence-corrected chi connectivity index (χ1v) is 5.60. The summed E-state index contributed by atoms with van der Waals surface area (Å²) in [6, 6.07) is 8.60. The van der Waals surface area contributed by atoms with Gasteiger partial charge in [0.1, 0.15) is 5.69 Å². The molecule has 1 heterocycles. The van der Waals surface area contributed by atoms with Crippen LogP contribution in [0.3, 0.4) is 0 Å². The van der Waals surface area contributed by atoms with E-state index in [1.165, 1.54) is 37.4 Å². The maximum atomic E-state index is 14.4. The van der Waals surface area contributed by atoms with Gasteiger partial charge in [-0.15, -0.1) is 0 Å². The third-order valence-electron chi connectivity index (χ3n) is 3.39. The zero-order valence-electron chi connectivity index (χ0n) is 9.95. The molecule has 0 spiro atoms. The molecule has 1 aromatic heterocycles. The van der Waals surface area contributed by atoms with E-state index in [1.54, 1.807) is 0 Å². The molecule has 0 bridgehead atoms. The standard InChI is InChI=1S/C14H8F2N2O/c1-18-12(19)5-3-9-10-6-8(7-17)2-4-11(10)14(15,16)13(9)18/h2-6H,1H3. The van der Waals surface area contributed by atoms with E-state index in [9.17, 15) is 13.6 Å². The summed E-state index contributed by atoms with van der Waals surface area (Å²) < 4.78 is 29.7. The highest BCUT2D eigenvalue weighted by Gasteiger charge is 2.46. The third-order valence-corrected chi connectivity index (χ3v) is 3.39. The van der Waals surface area contributed by atoms with E-state index in [0.717, 1.165) is 4.57 Å². The Kier molecular flexibility index (Phi) is 2.14. The fraction of sp³-hybridized carbons (Fsp3) is 0.143. The van der Waals surface area contributed by atoms with E-state index in [1.807, 2.05) is 6.07 Å². The van der Waals surface area contributed by atoms with Crippen LogP contribution in [0.5, 0.6) is 0 Å². The molecular formula is C14H8F2N2O. The second-order valence-corrected chi connectivity index (χ2v) is 4.44. The molecule has 1 aromatic carbocycles. The molecule has 0 amide bonds. The fourth-order valence-corrected chi connectivity index (χ4v) is 2.47. The Morgan fingerprint density at radius 1 is 1.21 bits per heavy atom. The molecule has 0 atom stereocenters. The number of hydrogen-bond donors (Lipinski definition) is 0. The van der Waals surface area contributed by atoms with Crippen LogP contribution < -0.4 is 5.56 Å². The van der Waals surface area contributed by atoms with Gasteiger partial charge in [0.05, 0.1) is 11.6 Å². The van der Waals surface area contributed by atoms with Crippen molar-refractivity contribution in [2.75, 3.05) is 0 Å². The number of hydrogen-bond acceptors (Lipinski definition) is 2. The molecule has 3 rings (SSSR count). The van der Waals surface area contributed by atoms with Gasteiger partial charge in [0, 0.05) is 24.2 Å². The monoisotopic (exact) mass is 258 g/mol. The van der Waals surface area contributed by atoms with E-state index in [-0.39, 0.29) is 11.3 Å². The summed E-state index contributed by atoms with van der Waals surface area (Å²) in [6.07, 6.45) is 0. The molecule has 3 nitrogen and oxygen atoms in total. The Morgan fingerprint density at radius 3 is 2.63 bits per heavy atom. The van der Waals surface area contributed by atoms with Crippen molar-refractivity contribution in [3.8, 4) is 17.2 Å². The number of halogens is 2. The number of benzene rings is 1. The highest BCUT2D eigenvalue weighted by molar-refractivity contribution is 5.79. The zero-order chi connectivity index (χ0) is 13.8. The van der Waals surface area contributed by atoms with Crippen molar-refractivity contribution in [1.29, 1.82) is 5.26 Å². The van der Waals surface area contributed by atoms with Crippen LogP contribution in [0, 0.1) is 11.3 Å². The van der Waals surface area contributed by atoms with E-state index >= 15 is 0 Å². The average Bonchev–Trinajstić information content (AvgIpc) is 2.62. The number of aromatic nitrogens is 1. The van der Waals surface area contributed by atoms with Crippen LogP contribution in [0.15, 0.2) is 35.1 Å². The van der Waals surface area contributed by atoms with Crippen molar-refractivity contribution in [2.45, 2.75) is 5.92 Å². The van der Waals surface area contributed by atoms with Crippen molar-refractivity contribution in [1.82, 2.24) is 4.57 Å². The van der Waals surface area contributed by atoms with Crippen molar-refractivity contribution in [3.63, 3.8) is 0 Å². The zero-order valence-corrected chi connectivity index (χ0v) is 9.95. The van der Waals surface area contributed by atoms with Gasteiger partial charge in [-0.25, -0.2) is 0 Å². The van der Waals surface area contributed by atoms with Crippen molar-refractivity contribution >= 4 is 0 Å². The average molecular weight is 258 g/mol. The van der Waals surface area contributed by atoms with Gasteiger partial charge in [-0.3, -0.25) is 4.79 Å². The van der Waals surface area contributed by atoms with Crippen molar-refractivity contribution in [2.24, 2.45) is 7.05 Å². The van der Waals surface area contributed by atoms with Crippen LogP contribution in [0.1, 0.15) is 16.8 Å². The van der Waals surface area contributed by atoms with Gasteiger partial charge in [0.25, 0.3) is 5.56 Å². The lowest BCUT2D eigenvalue weighted by Crippen LogP contribution is -2.25. The molecule has 5 heteroatoms. The van der Waals surface area contributed by atoms with Crippen LogP contribution in [0.4, 0.5) is 8.78 Å². The van der Waals surface area contributed by atoms with Crippen LogP contribution in [-0.4, -0.2) is 4.57 Å². The van der Waals surface area contributed by atoms with Crippen LogP contribution in [0.25, 0.3) is 11.1 Å². The molecule has 0 unspecified atom stereocenters. The fourth-order valence-electron chi connectivity index (χ4n) is 2.47. The maximum Gasteiger partial charge on any atom is 0.314 e. The first-order chi connectivity index (χ1) is 8.96. The molecule has 0 aliphatic heterocycles. The third kappa shape index (κ3) is 1.37. The van der Waals surface area contributed by atoms with Gasteiger partial charge < -0.3 is 4.57 Å². The molecule has 1 aliphatic rings. The van der Waals surface area contributed by atoms with Gasteiger partial charge >= 0.3 is 5.92 Å². The second kappa shape index (κ2) is 3.51. The van der Waals surface area contributed by atoms with Gasteiger partial charge in [0.15, 0.2) is 0 Å². The van der Waals surface area contributed by atoms with Gasteiger partial charge in [0.2, 0.25) is 0 Å². The summed E-state index contributed by atoms with van der Waals surface area (Å²) >= 11 is 0. The Morgan fingerprint density at radius 2 is 1.95 bits per heavy atom. The Hall–Kier alpha value is -2.48. The van der Waals surface area contributed by atoms with Crippen LogP contribution >= 0.6 is 0 Å². The van der Waals surface area contributed by atoms with E-state index in [4.69, 9.17) is 5.26 Å². The van der Waals surface area contributed by atoms with Crippen LogP contribution in [-0.2, 0) is 13.0 Å². The molecule has 19 heavy (non-hydrogen) atoms. The topological polar surface area (TPSA) is 45.8 Å². The molecule has 94 valence electrons. The largest absolute Gasteiger partial charge is 0.314 e. The number of fused-ring (bicyclic) bond motifs is 3. The molecule has 0 fully saturated rings. The molecule has 0 radical (unpaired) electrons. The lowest BCUT2D eigenvalue weighted by molar-refractivity contribution is 0.0394. The predicted molar refractivity (Wildman–Crippen MR) is 64.8 cm³/mol.